The number of hydrogen-bond donors (Lipinski definition) is 0. The molecular formula is C17H16F2N4S2. The van der Waals surface area contributed by atoms with E-state index in [9.17, 15) is 8.78 Å². The molecule has 3 aromatic rings. The molecule has 0 radical (unpaired) electrons. The fourth-order valence-electron chi connectivity index (χ4n) is 2.46. The third-order valence-electron chi connectivity index (χ3n) is 3.61. The largest absolute Gasteiger partial charge is 0.288 e. The van der Waals surface area contributed by atoms with E-state index < -0.39 is 5.76 Å². The van der Waals surface area contributed by atoms with Gasteiger partial charge in [-0.3, -0.25) is 0 Å². The molecule has 4 nitrogen and oxygen atoms in total. The highest BCUT2D eigenvalue weighted by atomic mass is 32.2. The Hall–Kier alpha value is -1.93. The molecule has 0 saturated heterocycles. The molecule has 0 unspecified atom stereocenters. The fraction of sp³-hybridized carbons (Fsp3) is 0.235. The summed E-state index contributed by atoms with van der Waals surface area (Å²) in [5, 5.41) is 12.7. The van der Waals surface area contributed by atoms with Crippen LogP contribution in [0.25, 0.3) is 5.69 Å². The zero-order valence-electron chi connectivity index (χ0n) is 13.7. The molecule has 8 heteroatoms. The van der Waals surface area contributed by atoms with Crippen LogP contribution in [0.2, 0.25) is 0 Å². The van der Waals surface area contributed by atoms with Crippen LogP contribution in [0.15, 0.2) is 52.5 Å². The van der Waals surface area contributed by atoms with E-state index in [0.29, 0.717) is 27.6 Å². The second kappa shape index (κ2) is 7.97. The second-order valence-electron chi connectivity index (χ2n) is 5.42. The Balaban J connectivity index is 1.74. The maximum Gasteiger partial charge on any atom is 0.288 e. The molecule has 130 valence electrons. The molecule has 0 amide bonds. The van der Waals surface area contributed by atoms with Crippen LogP contribution in [-0.2, 0) is 5.75 Å². The number of rotatable bonds is 6. The topological polar surface area (TPSA) is 43.6 Å². The molecule has 0 bridgehead atoms. The van der Waals surface area contributed by atoms with E-state index in [1.165, 1.54) is 11.8 Å². The number of aryl methyl sites for hydroxylation is 2. The van der Waals surface area contributed by atoms with Crippen LogP contribution in [0.3, 0.4) is 0 Å². The monoisotopic (exact) mass is 378 g/mol. The van der Waals surface area contributed by atoms with Crippen LogP contribution in [0.4, 0.5) is 8.78 Å². The summed E-state index contributed by atoms with van der Waals surface area (Å²) >= 11 is 2.06. The number of halogens is 2. The lowest BCUT2D eigenvalue weighted by atomic mass is 10.1. The molecule has 0 aliphatic carbocycles. The van der Waals surface area contributed by atoms with Crippen LogP contribution in [0.5, 0.6) is 0 Å². The van der Waals surface area contributed by atoms with Crippen molar-refractivity contribution in [2.45, 2.75) is 35.4 Å². The second-order valence-corrected chi connectivity index (χ2v) is 7.43. The highest BCUT2D eigenvalue weighted by Gasteiger charge is 2.13. The van der Waals surface area contributed by atoms with Gasteiger partial charge < -0.3 is 0 Å². The summed E-state index contributed by atoms with van der Waals surface area (Å²) in [6.45, 7) is 4.05. The first kappa shape index (κ1) is 17.9. The lowest BCUT2D eigenvalue weighted by Gasteiger charge is -2.10. The van der Waals surface area contributed by atoms with E-state index in [0.717, 1.165) is 22.4 Å². The van der Waals surface area contributed by atoms with Crippen LogP contribution in [-0.4, -0.2) is 26.0 Å². The summed E-state index contributed by atoms with van der Waals surface area (Å²) < 4.78 is 26.5. The van der Waals surface area contributed by atoms with Gasteiger partial charge in [0.15, 0.2) is 0 Å². The van der Waals surface area contributed by atoms with Crippen LogP contribution in [0.1, 0.15) is 16.7 Å². The molecule has 0 spiro atoms. The fourth-order valence-corrected chi connectivity index (χ4v) is 3.80. The van der Waals surface area contributed by atoms with Crippen molar-refractivity contribution in [2.75, 3.05) is 0 Å². The quantitative estimate of drug-likeness (QED) is 0.572. The number of benzene rings is 2. The van der Waals surface area contributed by atoms with Gasteiger partial charge in [-0.25, -0.2) is 0 Å². The maximum absolute atomic E-state index is 12.4. The van der Waals surface area contributed by atoms with Crippen LogP contribution >= 0.6 is 23.5 Å². The number of hydrogen-bond acceptors (Lipinski definition) is 5. The Labute approximate surface area is 153 Å². The van der Waals surface area contributed by atoms with E-state index in [1.807, 2.05) is 44.2 Å². The zero-order valence-corrected chi connectivity index (χ0v) is 15.3. The number of aromatic nitrogens is 4. The van der Waals surface area contributed by atoms with Crippen molar-refractivity contribution < 1.29 is 8.78 Å². The summed E-state index contributed by atoms with van der Waals surface area (Å²) in [5.41, 5.74) is 4.21. The highest BCUT2D eigenvalue weighted by Crippen LogP contribution is 2.28. The van der Waals surface area contributed by atoms with Crippen molar-refractivity contribution in [1.82, 2.24) is 20.2 Å². The van der Waals surface area contributed by atoms with Gasteiger partial charge in [-0.2, -0.15) is 13.5 Å². The van der Waals surface area contributed by atoms with Crippen molar-refractivity contribution in [3.8, 4) is 5.69 Å². The van der Waals surface area contributed by atoms with E-state index >= 15 is 0 Å². The molecule has 0 aliphatic heterocycles. The molecule has 2 aromatic carbocycles. The van der Waals surface area contributed by atoms with Gasteiger partial charge in [0, 0.05) is 10.6 Å². The molecule has 0 atom stereocenters. The average molecular weight is 378 g/mol. The summed E-state index contributed by atoms with van der Waals surface area (Å²) in [4.78, 5) is 0.559. The first-order valence-corrected chi connectivity index (χ1v) is 9.42. The predicted octanol–water partition coefficient (Wildman–Crippen LogP) is 4.89. The number of tetrazole rings is 1. The lowest BCUT2D eigenvalue weighted by Crippen LogP contribution is -2.04. The van der Waals surface area contributed by atoms with Gasteiger partial charge in [0.25, 0.3) is 5.76 Å². The minimum Gasteiger partial charge on any atom is -0.198 e. The highest BCUT2D eigenvalue weighted by molar-refractivity contribution is 7.99. The summed E-state index contributed by atoms with van der Waals surface area (Å²) in [7, 11) is 0. The Kier molecular flexibility index (Phi) is 5.70. The third-order valence-corrected chi connectivity index (χ3v) is 5.32. The lowest BCUT2D eigenvalue weighted by molar-refractivity contribution is 0.252. The molecule has 0 N–H and O–H groups in total. The molecule has 0 saturated carbocycles. The smallest absolute Gasteiger partial charge is 0.198 e. The van der Waals surface area contributed by atoms with Crippen molar-refractivity contribution >= 4 is 23.5 Å². The van der Waals surface area contributed by atoms with Gasteiger partial charge in [-0.1, -0.05) is 53.9 Å². The Morgan fingerprint density at radius 1 is 1.04 bits per heavy atom. The minimum absolute atomic E-state index is 0.549. The van der Waals surface area contributed by atoms with E-state index in [-0.39, 0.29) is 0 Å². The predicted molar refractivity (Wildman–Crippen MR) is 96.5 cm³/mol. The molecular weight excluding hydrogens is 362 g/mol. The van der Waals surface area contributed by atoms with E-state index in [4.69, 9.17) is 0 Å². The molecule has 0 aliphatic rings. The van der Waals surface area contributed by atoms with Gasteiger partial charge >= 0.3 is 0 Å². The number of alkyl halides is 2. The maximum atomic E-state index is 12.4. The van der Waals surface area contributed by atoms with Crippen molar-refractivity contribution in [3.63, 3.8) is 0 Å². The van der Waals surface area contributed by atoms with Crippen molar-refractivity contribution in [2.24, 2.45) is 0 Å². The molecule has 1 heterocycles. The normalized spacial score (nSPS) is 11.2. The Morgan fingerprint density at radius 3 is 2.36 bits per heavy atom. The van der Waals surface area contributed by atoms with Gasteiger partial charge in [-0.15, -0.1) is 5.10 Å². The van der Waals surface area contributed by atoms with E-state index in [1.54, 1.807) is 16.8 Å². The first-order chi connectivity index (χ1) is 12.0. The van der Waals surface area contributed by atoms with E-state index in [2.05, 4.69) is 15.5 Å². The summed E-state index contributed by atoms with van der Waals surface area (Å²) in [6, 6.07) is 13.2. The average Bonchev–Trinajstić information content (AvgIpc) is 3.02. The van der Waals surface area contributed by atoms with Crippen molar-refractivity contribution in [3.05, 3.63) is 59.2 Å². The first-order valence-electron chi connectivity index (χ1n) is 7.56. The van der Waals surface area contributed by atoms with Crippen LogP contribution < -0.4 is 0 Å². The summed E-state index contributed by atoms with van der Waals surface area (Å²) in [6.07, 6.45) is 0. The van der Waals surface area contributed by atoms with Gasteiger partial charge in [-0.05, 0) is 53.1 Å². The molecule has 25 heavy (non-hydrogen) atoms. The zero-order chi connectivity index (χ0) is 17.8. The van der Waals surface area contributed by atoms with Gasteiger partial charge in [0.2, 0.25) is 5.16 Å². The molecule has 0 fully saturated rings. The van der Waals surface area contributed by atoms with Crippen LogP contribution in [0, 0.1) is 13.8 Å². The Morgan fingerprint density at radius 2 is 1.72 bits per heavy atom. The van der Waals surface area contributed by atoms with Crippen molar-refractivity contribution in [1.29, 1.82) is 0 Å². The van der Waals surface area contributed by atoms with Gasteiger partial charge in [0.05, 0.1) is 5.69 Å². The number of nitrogens with zero attached hydrogens (tertiary/aromatic N) is 4. The SMILES string of the molecule is Cc1cccc(C)c1-n1nnnc1SCc1ccc(SC(F)F)cc1. The molecule has 3 rings (SSSR count). The van der Waals surface area contributed by atoms with Gasteiger partial charge in [0.1, 0.15) is 0 Å². The number of thioether (sulfide) groups is 2. The Bertz CT molecular complexity index is 830. The standard InChI is InChI=1S/C17H16F2N4S2/c1-11-4-3-5-12(2)15(11)23-17(20-21-22-23)24-10-13-6-8-14(9-7-13)25-16(18)19/h3-9,16H,10H2,1-2H3. The number of para-hydroxylation sites is 1. The minimum atomic E-state index is -2.40. The summed E-state index contributed by atoms with van der Waals surface area (Å²) in [5.74, 6) is -1.74. The third kappa shape index (κ3) is 4.38. The molecule has 1 aromatic heterocycles.